The highest BCUT2D eigenvalue weighted by molar-refractivity contribution is 4.86. The van der Waals surface area contributed by atoms with Gasteiger partial charge in [-0.2, -0.15) is 0 Å². The van der Waals surface area contributed by atoms with Crippen molar-refractivity contribution in [3.8, 4) is 0 Å². The van der Waals surface area contributed by atoms with Gasteiger partial charge in [-0.05, 0) is 45.7 Å². The van der Waals surface area contributed by atoms with Crippen molar-refractivity contribution in [2.24, 2.45) is 5.92 Å². The van der Waals surface area contributed by atoms with Crippen molar-refractivity contribution in [1.82, 2.24) is 15.1 Å². The summed E-state index contributed by atoms with van der Waals surface area (Å²) in [5.41, 5.74) is 0. The van der Waals surface area contributed by atoms with E-state index in [1.807, 2.05) is 0 Å². The third-order valence-corrected chi connectivity index (χ3v) is 5.12. The van der Waals surface area contributed by atoms with Crippen LogP contribution in [0.1, 0.15) is 46.0 Å². The predicted molar refractivity (Wildman–Crippen MR) is 82.6 cm³/mol. The van der Waals surface area contributed by atoms with E-state index in [4.69, 9.17) is 0 Å². The second-order valence-corrected chi connectivity index (χ2v) is 6.69. The van der Waals surface area contributed by atoms with Crippen LogP contribution in [0.25, 0.3) is 0 Å². The van der Waals surface area contributed by atoms with E-state index in [-0.39, 0.29) is 0 Å². The molecule has 2 aliphatic rings. The summed E-state index contributed by atoms with van der Waals surface area (Å²) in [7, 11) is 2.26. The quantitative estimate of drug-likeness (QED) is 0.796. The second-order valence-electron chi connectivity index (χ2n) is 6.69. The van der Waals surface area contributed by atoms with Gasteiger partial charge in [-0.25, -0.2) is 0 Å². The van der Waals surface area contributed by atoms with E-state index >= 15 is 0 Å². The van der Waals surface area contributed by atoms with Crippen molar-refractivity contribution in [3.63, 3.8) is 0 Å². The lowest BCUT2D eigenvalue weighted by molar-refractivity contribution is 0.0897. The van der Waals surface area contributed by atoms with Crippen LogP contribution in [0.2, 0.25) is 0 Å². The summed E-state index contributed by atoms with van der Waals surface area (Å²) in [5, 5.41) is 3.83. The van der Waals surface area contributed by atoms with E-state index < -0.39 is 0 Å². The molecule has 1 aliphatic carbocycles. The number of hydrogen-bond donors (Lipinski definition) is 1. The first-order valence-corrected chi connectivity index (χ1v) is 8.36. The van der Waals surface area contributed by atoms with E-state index in [1.165, 1.54) is 64.8 Å². The molecule has 2 fully saturated rings. The zero-order valence-electron chi connectivity index (χ0n) is 13.2. The molecule has 1 saturated heterocycles. The zero-order chi connectivity index (χ0) is 13.7. The minimum atomic E-state index is 0.712. The van der Waals surface area contributed by atoms with Crippen LogP contribution in [0.3, 0.4) is 0 Å². The number of piperazine rings is 1. The van der Waals surface area contributed by atoms with Gasteiger partial charge in [0.1, 0.15) is 0 Å². The fraction of sp³-hybridized carbons (Fsp3) is 1.00. The Kier molecular flexibility index (Phi) is 6.11. The Morgan fingerprint density at radius 2 is 1.95 bits per heavy atom. The molecule has 2 unspecified atom stereocenters. The topological polar surface area (TPSA) is 18.5 Å². The number of nitrogens with one attached hydrogen (secondary N) is 1. The van der Waals surface area contributed by atoms with Gasteiger partial charge in [-0.1, -0.05) is 19.8 Å². The Morgan fingerprint density at radius 3 is 2.58 bits per heavy atom. The van der Waals surface area contributed by atoms with Crippen LogP contribution in [0.15, 0.2) is 0 Å². The lowest BCUT2D eigenvalue weighted by Gasteiger charge is -2.40. The molecule has 1 heterocycles. The molecular weight excluding hydrogens is 234 g/mol. The van der Waals surface area contributed by atoms with E-state index in [9.17, 15) is 0 Å². The van der Waals surface area contributed by atoms with Crippen LogP contribution in [0.5, 0.6) is 0 Å². The summed E-state index contributed by atoms with van der Waals surface area (Å²) in [6.45, 7) is 10.8. The highest BCUT2D eigenvalue weighted by atomic mass is 15.3. The number of rotatable bonds is 6. The van der Waals surface area contributed by atoms with Crippen LogP contribution in [0.4, 0.5) is 0 Å². The normalized spacial score (nSPS) is 28.9. The SMILES string of the molecule is CCCNC(CN1CCN(C)C(C)C1)C1CCCC1. The van der Waals surface area contributed by atoms with Gasteiger partial charge in [-0.15, -0.1) is 0 Å². The Hall–Kier alpha value is -0.120. The molecule has 3 heteroatoms. The van der Waals surface area contributed by atoms with Crippen molar-refractivity contribution in [2.75, 3.05) is 39.8 Å². The summed E-state index contributed by atoms with van der Waals surface area (Å²) in [5.74, 6) is 0.932. The molecular formula is C16H33N3. The van der Waals surface area contributed by atoms with E-state index in [1.54, 1.807) is 0 Å². The first-order chi connectivity index (χ1) is 9.20. The molecule has 2 atom stereocenters. The molecule has 1 aliphatic heterocycles. The van der Waals surface area contributed by atoms with Crippen molar-refractivity contribution < 1.29 is 0 Å². The fourth-order valence-corrected chi connectivity index (χ4v) is 3.64. The lowest BCUT2D eigenvalue weighted by atomic mass is 9.97. The fourth-order valence-electron chi connectivity index (χ4n) is 3.64. The third-order valence-electron chi connectivity index (χ3n) is 5.12. The van der Waals surface area contributed by atoms with E-state index in [2.05, 4.69) is 36.0 Å². The Balaban J connectivity index is 1.84. The van der Waals surface area contributed by atoms with Gasteiger partial charge in [0.2, 0.25) is 0 Å². The standard InChI is InChI=1S/C16H33N3/c1-4-9-17-16(15-7-5-6-8-15)13-19-11-10-18(3)14(2)12-19/h14-17H,4-13H2,1-3H3. The average Bonchev–Trinajstić information content (AvgIpc) is 2.92. The molecule has 0 radical (unpaired) electrons. The first kappa shape index (κ1) is 15.3. The van der Waals surface area contributed by atoms with Crippen molar-refractivity contribution in [2.45, 2.75) is 58.0 Å². The second kappa shape index (κ2) is 7.61. The number of likely N-dealkylation sites (N-methyl/N-ethyl adjacent to an activating group) is 1. The first-order valence-electron chi connectivity index (χ1n) is 8.36. The molecule has 1 N–H and O–H groups in total. The average molecular weight is 267 g/mol. The third kappa shape index (κ3) is 4.44. The maximum atomic E-state index is 3.83. The molecule has 2 rings (SSSR count). The largest absolute Gasteiger partial charge is 0.312 e. The monoisotopic (exact) mass is 267 g/mol. The minimum Gasteiger partial charge on any atom is -0.312 e. The van der Waals surface area contributed by atoms with E-state index in [0.29, 0.717) is 6.04 Å². The zero-order valence-corrected chi connectivity index (χ0v) is 13.2. The predicted octanol–water partition coefficient (Wildman–Crippen LogP) is 2.18. The highest BCUT2D eigenvalue weighted by Gasteiger charge is 2.28. The van der Waals surface area contributed by atoms with Gasteiger partial charge in [-0.3, -0.25) is 4.90 Å². The van der Waals surface area contributed by atoms with Gasteiger partial charge < -0.3 is 10.2 Å². The highest BCUT2D eigenvalue weighted by Crippen LogP contribution is 2.28. The lowest BCUT2D eigenvalue weighted by Crippen LogP contribution is -2.54. The van der Waals surface area contributed by atoms with E-state index in [0.717, 1.165) is 12.0 Å². The van der Waals surface area contributed by atoms with Crippen LogP contribution >= 0.6 is 0 Å². The molecule has 1 saturated carbocycles. The Bertz CT molecular complexity index is 250. The molecule has 0 amide bonds. The van der Waals surface area contributed by atoms with Gasteiger partial charge in [0, 0.05) is 38.3 Å². The number of hydrogen-bond acceptors (Lipinski definition) is 3. The van der Waals surface area contributed by atoms with Crippen molar-refractivity contribution in [3.05, 3.63) is 0 Å². The Morgan fingerprint density at radius 1 is 1.21 bits per heavy atom. The van der Waals surface area contributed by atoms with Gasteiger partial charge in [0.15, 0.2) is 0 Å². The summed E-state index contributed by atoms with van der Waals surface area (Å²) < 4.78 is 0. The van der Waals surface area contributed by atoms with Crippen LogP contribution in [0, 0.1) is 5.92 Å². The number of nitrogens with zero attached hydrogens (tertiary/aromatic N) is 2. The van der Waals surface area contributed by atoms with Crippen LogP contribution < -0.4 is 5.32 Å². The van der Waals surface area contributed by atoms with Crippen molar-refractivity contribution in [1.29, 1.82) is 0 Å². The summed E-state index contributed by atoms with van der Waals surface area (Å²) >= 11 is 0. The molecule has 0 aromatic rings. The minimum absolute atomic E-state index is 0.712. The van der Waals surface area contributed by atoms with Gasteiger partial charge in [0.25, 0.3) is 0 Å². The molecule has 19 heavy (non-hydrogen) atoms. The molecule has 0 aromatic heterocycles. The Labute approximate surface area is 119 Å². The van der Waals surface area contributed by atoms with Crippen molar-refractivity contribution >= 4 is 0 Å². The maximum Gasteiger partial charge on any atom is 0.0223 e. The molecule has 112 valence electrons. The molecule has 0 spiro atoms. The van der Waals surface area contributed by atoms with Gasteiger partial charge >= 0.3 is 0 Å². The van der Waals surface area contributed by atoms with Gasteiger partial charge in [0.05, 0.1) is 0 Å². The van der Waals surface area contributed by atoms with Crippen LogP contribution in [-0.4, -0.2) is 61.7 Å². The van der Waals surface area contributed by atoms with Crippen LogP contribution in [-0.2, 0) is 0 Å². The maximum absolute atomic E-state index is 3.83. The molecule has 3 nitrogen and oxygen atoms in total. The summed E-state index contributed by atoms with van der Waals surface area (Å²) in [4.78, 5) is 5.18. The summed E-state index contributed by atoms with van der Waals surface area (Å²) in [6, 6.07) is 1.45. The smallest absolute Gasteiger partial charge is 0.0223 e. The summed E-state index contributed by atoms with van der Waals surface area (Å²) in [6.07, 6.45) is 7.06. The molecule has 0 bridgehead atoms. The molecule has 0 aromatic carbocycles.